The highest BCUT2D eigenvalue weighted by atomic mass is 35.5. The quantitative estimate of drug-likeness (QED) is 0.253. The highest BCUT2D eigenvalue weighted by molar-refractivity contribution is 6.36. The van der Waals surface area contributed by atoms with Crippen molar-refractivity contribution in [2.45, 2.75) is 57.7 Å². The number of hydrogen-bond acceptors (Lipinski definition) is 9. The smallest absolute Gasteiger partial charge is 0.237 e. The van der Waals surface area contributed by atoms with Gasteiger partial charge in [0.05, 0.1) is 42.4 Å². The first kappa shape index (κ1) is 34.5. The number of halogens is 1. The number of benzene rings is 2. The molecule has 270 valence electrons. The Morgan fingerprint density at radius 1 is 0.942 bits per heavy atom. The molecule has 3 saturated heterocycles. The molecule has 3 fully saturated rings. The van der Waals surface area contributed by atoms with Crippen LogP contribution < -0.4 is 14.8 Å². The van der Waals surface area contributed by atoms with Crippen LogP contribution in [0.3, 0.4) is 0 Å². The normalized spacial score (nSPS) is 19.8. The van der Waals surface area contributed by atoms with Crippen molar-refractivity contribution in [1.29, 1.82) is 0 Å². The number of aryl methyl sites for hydroxylation is 1. The molecule has 0 saturated carbocycles. The standard InChI is InChI=1S/C40H44ClN7O4/c1-24-27(29-9-6-10-30(37(29)41)32-20-42-33(38(44-32)51-3)21-46-15-17-47(18-16-46)25(2)49)7-5-8-28(24)31-19-26-11-12-34(36(26)39(43-31)52-4)48-22-40(23-48)14-13-35(50)45-40/h5-10,19-20,34H,11-18,21-23H2,1-4H3,(H,45,50)/t34-/m0/s1. The Labute approximate surface area is 309 Å². The number of ether oxygens (including phenoxy) is 2. The van der Waals surface area contributed by atoms with Crippen molar-refractivity contribution in [3.8, 4) is 45.4 Å². The number of carbonyl (C=O) groups excluding carboxylic acids is 2. The third-order valence-electron chi connectivity index (χ3n) is 11.4. The van der Waals surface area contributed by atoms with E-state index in [1.54, 1.807) is 27.3 Å². The van der Waals surface area contributed by atoms with Gasteiger partial charge in [-0.25, -0.2) is 9.97 Å². The van der Waals surface area contributed by atoms with Gasteiger partial charge in [0.25, 0.3) is 0 Å². The molecule has 12 heteroatoms. The number of nitrogens with zero attached hydrogens (tertiary/aromatic N) is 6. The van der Waals surface area contributed by atoms with Crippen LogP contribution in [0.2, 0.25) is 5.02 Å². The van der Waals surface area contributed by atoms with E-state index in [4.69, 9.17) is 36.0 Å². The molecule has 1 atom stereocenters. The lowest BCUT2D eigenvalue weighted by Crippen LogP contribution is -2.67. The van der Waals surface area contributed by atoms with E-state index in [1.165, 1.54) is 11.1 Å². The van der Waals surface area contributed by atoms with Gasteiger partial charge in [-0.2, -0.15) is 0 Å². The molecule has 4 aromatic rings. The van der Waals surface area contributed by atoms with Crippen molar-refractivity contribution in [1.82, 2.24) is 35.0 Å². The molecule has 0 radical (unpaired) electrons. The lowest BCUT2D eigenvalue weighted by atomic mass is 9.86. The van der Waals surface area contributed by atoms with E-state index >= 15 is 0 Å². The van der Waals surface area contributed by atoms with Crippen LogP contribution in [-0.2, 0) is 22.6 Å². The van der Waals surface area contributed by atoms with Crippen LogP contribution in [0, 0.1) is 6.92 Å². The molecular formula is C40H44ClN7O4. The molecule has 0 bridgehead atoms. The number of pyridine rings is 1. The number of amides is 2. The number of methoxy groups -OCH3 is 2. The SMILES string of the molecule is COc1nc(-c2cccc(-c3cccc(-c4cc5c(c(OC)n4)[C@@H](N4CC6(CCC(=O)N6)C4)CC5)c3C)c2Cl)cnc1CN1CCN(C(C)=O)CC1. The van der Waals surface area contributed by atoms with Crippen LogP contribution in [-0.4, -0.2) is 100 Å². The minimum Gasteiger partial charge on any atom is -0.481 e. The van der Waals surface area contributed by atoms with Gasteiger partial charge in [-0.1, -0.05) is 48.0 Å². The maximum absolute atomic E-state index is 11.9. The Morgan fingerprint density at radius 2 is 1.63 bits per heavy atom. The summed E-state index contributed by atoms with van der Waals surface area (Å²) < 4.78 is 11.7. The van der Waals surface area contributed by atoms with Gasteiger partial charge in [0.1, 0.15) is 5.69 Å². The fourth-order valence-electron chi connectivity index (χ4n) is 8.58. The van der Waals surface area contributed by atoms with Crippen LogP contribution in [0.25, 0.3) is 33.6 Å². The summed E-state index contributed by atoms with van der Waals surface area (Å²) in [6.45, 7) is 9.00. The van der Waals surface area contributed by atoms with Gasteiger partial charge in [-0.05, 0) is 48.9 Å². The number of carbonyl (C=O) groups is 2. The van der Waals surface area contributed by atoms with Crippen molar-refractivity contribution in [2.75, 3.05) is 53.5 Å². The predicted molar refractivity (Wildman–Crippen MR) is 199 cm³/mol. The van der Waals surface area contributed by atoms with Gasteiger partial charge >= 0.3 is 0 Å². The molecule has 11 nitrogen and oxygen atoms in total. The van der Waals surface area contributed by atoms with Crippen LogP contribution in [0.1, 0.15) is 54.6 Å². The van der Waals surface area contributed by atoms with Gasteiger partial charge in [0, 0.05) is 87.5 Å². The molecule has 4 aliphatic rings. The summed E-state index contributed by atoms with van der Waals surface area (Å²) in [6.07, 6.45) is 5.26. The van der Waals surface area contributed by atoms with Gasteiger partial charge in [0.2, 0.25) is 23.6 Å². The Morgan fingerprint density at radius 3 is 2.33 bits per heavy atom. The van der Waals surface area contributed by atoms with E-state index in [2.05, 4.69) is 40.2 Å². The van der Waals surface area contributed by atoms with Crippen molar-refractivity contribution in [2.24, 2.45) is 0 Å². The predicted octanol–water partition coefficient (Wildman–Crippen LogP) is 5.47. The number of fused-ring (bicyclic) bond motifs is 1. The molecule has 52 heavy (non-hydrogen) atoms. The number of piperazine rings is 1. The van der Waals surface area contributed by atoms with Gasteiger partial charge in [-0.3, -0.25) is 24.4 Å². The van der Waals surface area contributed by atoms with Crippen molar-refractivity contribution in [3.05, 3.63) is 76.1 Å². The second-order valence-corrected chi connectivity index (χ2v) is 14.9. The highest BCUT2D eigenvalue weighted by Gasteiger charge is 2.51. The average molecular weight is 722 g/mol. The summed E-state index contributed by atoms with van der Waals surface area (Å²) in [4.78, 5) is 45.0. The second kappa shape index (κ2) is 13.8. The van der Waals surface area contributed by atoms with E-state index in [0.717, 1.165) is 84.6 Å². The zero-order valence-electron chi connectivity index (χ0n) is 30.2. The van der Waals surface area contributed by atoms with E-state index in [0.29, 0.717) is 48.5 Å². The Balaban J connectivity index is 1.05. The molecule has 1 spiro atoms. The summed E-state index contributed by atoms with van der Waals surface area (Å²) in [5, 5.41) is 3.79. The Bertz CT molecular complexity index is 2060. The van der Waals surface area contributed by atoms with Gasteiger partial charge in [-0.15, -0.1) is 0 Å². The van der Waals surface area contributed by atoms with Crippen LogP contribution in [0.5, 0.6) is 11.8 Å². The van der Waals surface area contributed by atoms with E-state index < -0.39 is 0 Å². The van der Waals surface area contributed by atoms with Crippen molar-refractivity contribution >= 4 is 23.4 Å². The molecule has 2 amide bonds. The Kier molecular flexibility index (Phi) is 9.13. The average Bonchev–Trinajstić information content (AvgIpc) is 3.75. The molecule has 3 aliphatic heterocycles. The minimum absolute atomic E-state index is 0.0622. The first-order chi connectivity index (χ1) is 25.2. The fourth-order valence-corrected chi connectivity index (χ4v) is 8.90. The zero-order chi connectivity index (χ0) is 36.1. The molecule has 1 N–H and O–H groups in total. The second-order valence-electron chi connectivity index (χ2n) is 14.5. The highest BCUT2D eigenvalue weighted by Crippen LogP contribution is 2.47. The first-order valence-corrected chi connectivity index (χ1v) is 18.4. The van der Waals surface area contributed by atoms with Crippen molar-refractivity contribution in [3.63, 3.8) is 0 Å². The summed E-state index contributed by atoms with van der Waals surface area (Å²) in [5.74, 6) is 1.40. The first-order valence-electron chi connectivity index (χ1n) is 18.1. The molecule has 2 aromatic carbocycles. The monoisotopic (exact) mass is 721 g/mol. The largest absolute Gasteiger partial charge is 0.481 e. The maximum atomic E-state index is 11.9. The number of rotatable bonds is 8. The molecule has 5 heterocycles. The summed E-state index contributed by atoms with van der Waals surface area (Å²) in [5.41, 5.74) is 9.39. The number of hydrogen-bond donors (Lipinski definition) is 1. The molecule has 2 aromatic heterocycles. The third kappa shape index (κ3) is 6.18. The van der Waals surface area contributed by atoms with Gasteiger partial charge in [0.15, 0.2) is 0 Å². The maximum Gasteiger partial charge on any atom is 0.237 e. The fraction of sp³-hybridized carbons (Fsp3) is 0.425. The van der Waals surface area contributed by atoms with E-state index in [9.17, 15) is 9.59 Å². The molecule has 0 unspecified atom stereocenters. The Hall–Kier alpha value is -4.58. The summed E-state index contributed by atoms with van der Waals surface area (Å²) in [6, 6.07) is 14.7. The van der Waals surface area contributed by atoms with Crippen LogP contribution in [0.15, 0.2) is 48.7 Å². The summed E-state index contributed by atoms with van der Waals surface area (Å²) in [7, 11) is 3.31. The van der Waals surface area contributed by atoms with Crippen LogP contribution in [0.4, 0.5) is 0 Å². The lowest BCUT2D eigenvalue weighted by Gasteiger charge is -2.50. The van der Waals surface area contributed by atoms with E-state index in [-0.39, 0.29) is 23.4 Å². The molecular weight excluding hydrogens is 678 g/mol. The number of aromatic nitrogens is 3. The number of nitrogens with one attached hydrogen (secondary N) is 1. The van der Waals surface area contributed by atoms with Crippen LogP contribution >= 0.6 is 11.6 Å². The molecule has 1 aliphatic carbocycles. The summed E-state index contributed by atoms with van der Waals surface area (Å²) >= 11 is 7.21. The van der Waals surface area contributed by atoms with Gasteiger partial charge < -0.3 is 19.7 Å². The number of likely N-dealkylation sites (tertiary alicyclic amines) is 1. The van der Waals surface area contributed by atoms with Crippen molar-refractivity contribution < 1.29 is 19.1 Å². The zero-order valence-corrected chi connectivity index (χ0v) is 30.9. The molecule has 8 rings (SSSR count). The topological polar surface area (TPSA) is 113 Å². The van der Waals surface area contributed by atoms with E-state index in [1.807, 2.05) is 29.2 Å². The lowest BCUT2D eigenvalue weighted by molar-refractivity contribution is -0.130. The third-order valence-corrected chi connectivity index (χ3v) is 11.8. The minimum atomic E-state index is -0.0622.